The maximum Gasteiger partial charge on any atom is 0.138 e. The molecule has 1 saturated heterocycles. The minimum atomic E-state index is 0.914. The molecule has 0 unspecified atom stereocenters. The number of aryl methyl sites for hydroxylation is 2. The van der Waals surface area contributed by atoms with Crippen LogP contribution in [0.1, 0.15) is 17.0 Å². The van der Waals surface area contributed by atoms with Crippen molar-refractivity contribution < 1.29 is 4.52 Å². The summed E-state index contributed by atoms with van der Waals surface area (Å²) >= 11 is 3.61. The van der Waals surface area contributed by atoms with Gasteiger partial charge < -0.3 is 9.42 Å². The number of fused-ring (bicyclic) bond motifs is 1. The van der Waals surface area contributed by atoms with Crippen molar-refractivity contribution in [1.29, 1.82) is 0 Å². The number of anilines is 1. The van der Waals surface area contributed by atoms with Crippen LogP contribution < -0.4 is 4.90 Å². The van der Waals surface area contributed by atoms with Crippen LogP contribution in [0.15, 0.2) is 39.5 Å². The molecule has 0 radical (unpaired) electrons. The van der Waals surface area contributed by atoms with Crippen LogP contribution in [0.3, 0.4) is 0 Å². The van der Waals surface area contributed by atoms with E-state index < -0.39 is 0 Å². The predicted molar refractivity (Wildman–Crippen MR) is 103 cm³/mol. The van der Waals surface area contributed by atoms with Crippen molar-refractivity contribution >= 4 is 32.5 Å². The molecular formula is C19H21BrN4O. The van der Waals surface area contributed by atoms with E-state index in [1.807, 2.05) is 26.1 Å². The fourth-order valence-electron chi connectivity index (χ4n) is 3.50. The molecule has 0 saturated carbocycles. The van der Waals surface area contributed by atoms with Crippen LogP contribution in [0.5, 0.6) is 0 Å². The van der Waals surface area contributed by atoms with Crippen LogP contribution in [-0.2, 0) is 6.54 Å². The summed E-state index contributed by atoms with van der Waals surface area (Å²) in [6.07, 6.45) is 1.90. The molecule has 25 heavy (non-hydrogen) atoms. The second-order valence-electron chi connectivity index (χ2n) is 6.53. The average molecular weight is 401 g/mol. The van der Waals surface area contributed by atoms with Gasteiger partial charge in [-0.15, -0.1) is 0 Å². The summed E-state index contributed by atoms with van der Waals surface area (Å²) in [6, 6.07) is 8.39. The van der Waals surface area contributed by atoms with Crippen molar-refractivity contribution in [1.82, 2.24) is 15.0 Å². The molecule has 1 fully saturated rings. The van der Waals surface area contributed by atoms with Gasteiger partial charge in [0.05, 0.1) is 11.2 Å². The lowest BCUT2D eigenvalue weighted by atomic mass is 10.1. The van der Waals surface area contributed by atoms with Gasteiger partial charge >= 0.3 is 0 Å². The number of benzene rings is 1. The van der Waals surface area contributed by atoms with E-state index in [0.29, 0.717) is 0 Å². The molecule has 2 aromatic heterocycles. The summed E-state index contributed by atoms with van der Waals surface area (Å²) in [4.78, 5) is 9.45. The molecule has 0 bridgehead atoms. The Kier molecular flexibility index (Phi) is 4.48. The lowest BCUT2D eigenvalue weighted by Gasteiger charge is -2.36. The number of pyridine rings is 1. The summed E-state index contributed by atoms with van der Waals surface area (Å²) in [7, 11) is 0. The fourth-order valence-corrected chi connectivity index (χ4v) is 3.97. The van der Waals surface area contributed by atoms with Gasteiger partial charge in [-0.25, -0.2) is 0 Å². The number of piperazine rings is 1. The molecule has 5 nitrogen and oxygen atoms in total. The van der Waals surface area contributed by atoms with Crippen LogP contribution in [0.25, 0.3) is 10.9 Å². The maximum atomic E-state index is 5.29. The van der Waals surface area contributed by atoms with Gasteiger partial charge in [-0.1, -0.05) is 17.3 Å². The predicted octanol–water partition coefficient (Wildman–Crippen LogP) is 3.92. The zero-order valence-corrected chi connectivity index (χ0v) is 16.1. The Bertz CT molecular complexity index is 880. The van der Waals surface area contributed by atoms with E-state index in [-0.39, 0.29) is 0 Å². The normalized spacial score (nSPS) is 15.9. The highest BCUT2D eigenvalue weighted by Crippen LogP contribution is 2.30. The quantitative estimate of drug-likeness (QED) is 0.666. The van der Waals surface area contributed by atoms with E-state index in [1.54, 1.807) is 0 Å². The minimum absolute atomic E-state index is 0.914. The Morgan fingerprint density at radius 1 is 1.12 bits per heavy atom. The number of rotatable bonds is 3. The van der Waals surface area contributed by atoms with Crippen LogP contribution in [0.4, 0.5) is 5.69 Å². The highest BCUT2D eigenvalue weighted by atomic mass is 79.9. The molecule has 3 aromatic rings. The lowest BCUT2D eigenvalue weighted by Crippen LogP contribution is -2.46. The van der Waals surface area contributed by atoms with E-state index >= 15 is 0 Å². The summed E-state index contributed by atoms with van der Waals surface area (Å²) in [5.41, 5.74) is 4.53. The van der Waals surface area contributed by atoms with Crippen LogP contribution in [0.2, 0.25) is 0 Å². The molecule has 0 amide bonds. The number of aromatic nitrogens is 2. The van der Waals surface area contributed by atoms with Crippen molar-refractivity contribution in [3.8, 4) is 0 Å². The van der Waals surface area contributed by atoms with Crippen molar-refractivity contribution in [3.63, 3.8) is 0 Å². The second kappa shape index (κ2) is 6.77. The molecule has 4 rings (SSSR count). The lowest BCUT2D eigenvalue weighted by molar-refractivity contribution is 0.248. The third kappa shape index (κ3) is 3.16. The number of nitrogens with zero attached hydrogens (tertiary/aromatic N) is 4. The molecule has 0 N–H and O–H groups in total. The number of halogens is 1. The Hall–Kier alpha value is -1.92. The fraction of sp³-hybridized carbons (Fsp3) is 0.368. The van der Waals surface area contributed by atoms with Crippen molar-refractivity contribution in [2.75, 3.05) is 31.1 Å². The highest BCUT2D eigenvalue weighted by molar-refractivity contribution is 9.10. The highest BCUT2D eigenvalue weighted by Gasteiger charge is 2.21. The van der Waals surface area contributed by atoms with E-state index in [4.69, 9.17) is 4.52 Å². The van der Waals surface area contributed by atoms with Gasteiger partial charge in [0.25, 0.3) is 0 Å². The Morgan fingerprint density at radius 3 is 2.64 bits per heavy atom. The summed E-state index contributed by atoms with van der Waals surface area (Å²) < 4.78 is 6.33. The number of para-hydroxylation sites is 1. The molecule has 3 heterocycles. The van der Waals surface area contributed by atoms with Gasteiger partial charge in [-0.2, -0.15) is 0 Å². The van der Waals surface area contributed by atoms with Gasteiger partial charge in [0.15, 0.2) is 0 Å². The summed E-state index contributed by atoms with van der Waals surface area (Å²) in [6.45, 7) is 9.00. The van der Waals surface area contributed by atoms with Gasteiger partial charge in [0.2, 0.25) is 0 Å². The molecular weight excluding hydrogens is 380 g/mol. The molecule has 6 heteroatoms. The van der Waals surface area contributed by atoms with E-state index in [1.165, 1.54) is 16.6 Å². The zero-order valence-electron chi connectivity index (χ0n) is 14.5. The van der Waals surface area contributed by atoms with Gasteiger partial charge in [-0.3, -0.25) is 9.88 Å². The van der Waals surface area contributed by atoms with Gasteiger partial charge in [0, 0.05) is 60.0 Å². The minimum Gasteiger partial charge on any atom is -0.368 e. The monoisotopic (exact) mass is 400 g/mol. The van der Waals surface area contributed by atoms with Crippen LogP contribution in [-0.4, -0.2) is 41.2 Å². The SMILES string of the molecule is Cc1noc(C)c1CN1CCN(c2ccnc3c(Br)cccc23)CC1. The molecule has 0 aliphatic carbocycles. The van der Waals surface area contributed by atoms with E-state index in [0.717, 1.165) is 54.2 Å². The standard InChI is InChI=1S/C19H21BrN4O/c1-13-16(14(2)25-22-13)12-23-8-10-24(11-9-23)18-6-7-21-19-15(18)4-3-5-17(19)20/h3-7H,8-12H2,1-2H3. The first kappa shape index (κ1) is 16.5. The smallest absolute Gasteiger partial charge is 0.138 e. The first-order valence-electron chi connectivity index (χ1n) is 8.56. The van der Waals surface area contributed by atoms with Gasteiger partial charge in [-0.05, 0) is 41.9 Å². The Labute approximate surface area is 155 Å². The number of hydrogen-bond acceptors (Lipinski definition) is 5. The van der Waals surface area contributed by atoms with Crippen LogP contribution in [0, 0.1) is 13.8 Å². The van der Waals surface area contributed by atoms with E-state index in [9.17, 15) is 0 Å². The third-order valence-electron chi connectivity index (χ3n) is 4.97. The van der Waals surface area contributed by atoms with Gasteiger partial charge in [0.1, 0.15) is 5.76 Å². The summed E-state index contributed by atoms with van der Waals surface area (Å²) in [5, 5.41) is 5.27. The average Bonchev–Trinajstić information content (AvgIpc) is 2.94. The first-order chi connectivity index (χ1) is 12.1. The largest absolute Gasteiger partial charge is 0.368 e. The van der Waals surface area contributed by atoms with Crippen molar-refractivity contribution in [2.45, 2.75) is 20.4 Å². The molecule has 1 aliphatic heterocycles. The first-order valence-corrected chi connectivity index (χ1v) is 9.35. The molecule has 0 spiro atoms. The second-order valence-corrected chi connectivity index (χ2v) is 7.39. The molecule has 1 aliphatic rings. The Morgan fingerprint density at radius 2 is 1.92 bits per heavy atom. The maximum absolute atomic E-state index is 5.29. The zero-order chi connectivity index (χ0) is 17.4. The number of hydrogen-bond donors (Lipinski definition) is 0. The molecule has 130 valence electrons. The third-order valence-corrected chi connectivity index (χ3v) is 5.61. The summed E-state index contributed by atoms with van der Waals surface area (Å²) in [5.74, 6) is 0.935. The molecule has 0 atom stereocenters. The van der Waals surface area contributed by atoms with Crippen molar-refractivity contribution in [2.24, 2.45) is 0 Å². The topological polar surface area (TPSA) is 45.4 Å². The van der Waals surface area contributed by atoms with Crippen LogP contribution >= 0.6 is 15.9 Å². The Balaban J connectivity index is 1.50. The van der Waals surface area contributed by atoms with E-state index in [2.05, 4.69) is 54.1 Å². The molecule has 1 aromatic carbocycles. The van der Waals surface area contributed by atoms with Crippen molar-refractivity contribution in [3.05, 3.63) is 52.0 Å².